The van der Waals surface area contributed by atoms with E-state index in [1.54, 1.807) is 19.1 Å². The molecule has 0 radical (unpaired) electrons. The Morgan fingerprint density at radius 2 is 2.14 bits per heavy atom. The fourth-order valence-corrected chi connectivity index (χ4v) is 3.07. The number of nitrogens with zero attached hydrogens (tertiary/aromatic N) is 1. The van der Waals surface area contributed by atoms with Crippen LogP contribution in [0, 0.1) is 0 Å². The fraction of sp³-hybridized carbons (Fsp3) is 0.267. The van der Waals surface area contributed by atoms with Gasteiger partial charge in [-0.1, -0.05) is 11.6 Å². The minimum atomic E-state index is -0.399. The van der Waals surface area contributed by atoms with Crippen molar-refractivity contribution in [2.24, 2.45) is 0 Å². The molecule has 6 heteroatoms. The van der Waals surface area contributed by atoms with E-state index < -0.39 is 5.97 Å². The monoisotopic (exact) mass is 324 g/mol. The van der Waals surface area contributed by atoms with E-state index in [9.17, 15) is 4.79 Å². The third-order valence-corrected chi connectivity index (χ3v) is 4.21. The minimum Gasteiger partial charge on any atom is -0.462 e. The summed E-state index contributed by atoms with van der Waals surface area (Å²) in [6.07, 6.45) is 0. The summed E-state index contributed by atoms with van der Waals surface area (Å²) in [5.41, 5.74) is 7.56. The number of carbonyl (C=O) groups excluding carboxylic acids is 1. The molecule has 1 aromatic heterocycles. The first-order valence-electron chi connectivity index (χ1n) is 6.53. The van der Waals surface area contributed by atoms with Gasteiger partial charge in [-0.15, -0.1) is 11.3 Å². The van der Waals surface area contributed by atoms with Crippen molar-refractivity contribution >= 4 is 40.3 Å². The number of hydrogen-bond donors (Lipinski definition) is 1. The van der Waals surface area contributed by atoms with Crippen LogP contribution >= 0.6 is 22.9 Å². The van der Waals surface area contributed by atoms with Gasteiger partial charge in [0.1, 0.15) is 0 Å². The van der Waals surface area contributed by atoms with Crippen LogP contribution in [0.1, 0.15) is 22.2 Å². The van der Waals surface area contributed by atoms with Gasteiger partial charge in [-0.05, 0) is 37.3 Å². The molecule has 1 heterocycles. The Kier molecular flexibility index (Phi) is 5.09. The van der Waals surface area contributed by atoms with E-state index >= 15 is 0 Å². The lowest BCUT2D eigenvalue weighted by atomic mass is 10.1. The molecule has 2 aromatic rings. The standard InChI is InChI=1S/C15H17ClN2O2S/c1-3-20-15(19)12-8-10(4-6-13(12)17)18(2)9-11-5-7-14(16)21-11/h4-8H,3,9,17H2,1-2H3. The number of carbonyl (C=O) groups is 1. The van der Waals surface area contributed by atoms with Crippen molar-refractivity contribution in [1.29, 1.82) is 0 Å². The zero-order valence-electron chi connectivity index (χ0n) is 11.9. The molecule has 2 rings (SSSR count). The van der Waals surface area contributed by atoms with Crippen LogP contribution in [0.5, 0.6) is 0 Å². The summed E-state index contributed by atoms with van der Waals surface area (Å²) in [5.74, 6) is -0.399. The van der Waals surface area contributed by atoms with E-state index in [1.807, 2.05) is 30.1 Å². The van der Waals surface area contributed by atoms with Crippen LogP contribution in [-0.2, 0) is 11.3 Å². The molecule has 0 saturated heterocycles. The van der Waals surface area contributed by atoms with E-state index in [1.165, 1.54) is 11.3 Å². The number of rotatable bonds is 5. The average molecular weight is 325 g/mol. The fourth-order valence-electron chi connectivity index (χ4n) is 1.93. The topological polar surface area (TPSA) is 55.6 Å². The van der Waals surface area contributed by atoms with Crippen molar-refractivity contribution in [1.82, 2.24) is 0 Å². The quantitative estimate of drug-likeness (QED) is 0.671. The number of hydrogen-bond acceptors (Lipinski definition) is 5. The normalized spacial score (nSPS) is 10.4. The van der Waals surface area contributed by atoms with E-state index in [-0.39, 0.29) is 0 Å². The molecule has 0 amide bonds. The first-order valence-corrected chi connectivity index (χ1v) is 7.72. The van der Waals surface area contributed by atoms with Gasteiger partial charge >= 0.3 is 5.97 Å². The van der Waals surface area contributed by atoms with Crippen molar-refractivity contribution < 1.29 is 9.53 Å². The molecule has 0 aliphatic heterocycles. The van der Waals surface area contributed by atoms with Crippen molar-refractivity contribution in [3.05, 3.63) is 45.1 Å². The van der Waals surface area contributed by atoms with Crippen molar-refractivity contribution in [3.63, 3.8) is 0 Å². The van der Waals surface area contributed by atoms with Gasteiger partial charge in [-0.25, -0.2) is 4.79 Å². The third kappa shape index (κ3) is 3.89. The Morgan fingerprint density at radius 1 is 1.38 bits per heavy atom. The Hall–Kier alpha value is -1.72. The Labute approximate surface area is 133 Å². The van der Waals surface area contributed by atoms with Gasteiger partial charge in [0.05, 0.1) is 23.1 Å². The number of nitrogens with two attached hydrogens (primary N) is 1. The Bertz CT molecular complexity index is 642. The molecular formula is C15H17ClN2O2S. The first kappa shape index (κ1) is 15.7. The number of nitrogen functional groups attached to an aromatic ring is 1. The molecule has 0 spiro atoms. The van der Waals surface area contributed by atoms with Gasteiger partial charge in [-0.2, -0.15) is 0 Å². The largest absolute Gasteiger partial charge is 0.462 e. The zero-order valence-corrected chi connectivity index (χ0v) is 13.5. The van der Waals surface area contributed by atoms with Crippen LogP contribution in [0.4, 0.5) is 11.4 Å². The summed E-state index contributed by atoms with van der Waals surface area (Å²) in [7, 11) is 1.95. The highest BCUT2D eigenvalue weighted by Crippen LogP contribution is 2.26. The van der Waals surface area contributed by atoms with E-state index in [0.717, 1.165) is 14.9 Å². The average Bonchev–Trinajstić information content (AvgIpc) is 2.84. The van der Waals surface area contributed by atoms with E-state index in [2.05, 4.69) is 0 Å². The van der Waals surface area contributed by atoms with Crippen molar-refractivity contribution in [2.45, 2.75) is 13.5 Å². The molecule has 21 heavy (non-hydrogen) atoms. The smallest absolute Gasteiger partial charge is 0.340 e. The van der Waals surface area contributed by atoms with Crippen LogP contribution < -0.4 is 10.6 Å². The molecule has 0 saturated carbocycles. The van der Waals surface area contributed by atoms with Crippen molar-refractivity contribution in [3.8, 4) is 0 Å². The number of esters is 1. The van der Waals surface area contributed by atoms with Crippen LogP contribution in [0.15, 0.2) is 30.3 Å². The van der Waals surface area contributed by atoms with Gasteiger partial charge in [0.2, 0.25) is 0 Å². The maximum atomic E-state index is 11.9. The molecule has 0 atom stereocenters. The van der Waals surface area contributed by atoms with Crippen molar-refractivity contribution in [2.75, 3.05) is 24.3 Å². The number of thiophene rings is 1. The number of benzene rings is 1. The highest BCUT2D eigenvalue weighted by atomic mass is 35.5. The van der Waals surface area contributed by atoms with E-state index in [4.69, 9.17) is 22.1 Å². The van der Waals surface area contributed by atoms with Gasteiger partial charge in [0, 0.05) is 23.3 Å². The third-order valence-electron chi connectivity index (χ3n) is 2.99. The summed E-state index contributed by atoms with van der Waals surface area (Å²) in [6.45, 7) is 2.81. The zero-order chi connectivity index (χ0) is 15.4. The van der Waals surface area contributed by atoms with Crippen LogP contribution in [0.2, 0.25) is 4.34 Å². The molecule has 0 bridgehead atoms. The summed E-state index contributed by atoms with van der Waals surface area (Å²) in [4.78, 5) is 15.0. The predicted octanol–water partition coefficient (Wildman–Crippen LogP) is 3.80. The Morgan fingerprint density at radius 3 is 2.76 bits per heavy atom. The van der Waals surface area contributed by atoms with Crippen LogP contribution in [0.3, 0.4) is 0 Å². The molecule has 1 aromatic carbocycles. The predicted molar refractivity (Wildman–Crippen MR) is 88.2 cm³/mol. The molecule has 0 fully saturated rings. The molecule has 4 nitrogen and oxygen atoms in total. The highest BCUT2D eigenvalue weighted by molar-refractivity contribution is 7.16. The first-order chi connectivity index (χ1) is 10.0. The minimum absolute atomic E-state index is 0.325. The summed E-state index contributed by atoms with van der Waals surface area (Å²) >= 11 is 7.47. The number of halogens is 1. The van der Waals surface area contributed by atoms with Gasteiger partial charge in [0.15, 0.2) is 0 Å². The number of anilines is 2. The number of ether oxygens (including phenoxy) is 1. The lowest BCUT2D eigenvalue weighted by molar-refractivity contribution is 0.0527. The lowest BCUT2D eigenvalue weighted by Gasteiger charge is -2.19. The van der Waals surface area contributed by atoms with Gasteiger partial charge < -0.3 is 15.4 Å². The Balaban J connectivity index is 2.19. The molecular weight excluding hydrogens is 308 g/mol. The van der Waals surface area contributed by atoms with Crippen LogP contribution in [-0.4, -0.2) is 19.6 Å². The lowest BCUT2D eigenvalue weighted by Crippen LogP contribution is -2.17. The summed E-state index contributed by atoms with van der Waals surface area (Å²) < 4.78 is 5.78. The second-order valence-electron chi connectivity index (χ2n) is 4.55. The molecule has 0 aliphatic rings. The van der Waals surface area contributed by atoms with Gasteiger partial charge in [0.25, 0.3) is 0 Å². The second-order valence-corrected chi connectivity index (χ2v) is 6.35. The molecule has 2 N–H and O–H groups in total. The summed E-state index contributed by atoms with van der Waals surface area (Å²) in [6, 6.07) is 9.23. The second kappa shape index (κ2) is 6.83. The van der Waals surface area contributed by atoms with E-state index in [0.29, 0.717) is 24.4 Å². The maximum Gasteiger partial charge on any atom is 0.340 e. The highest BCUT2D eigenvalue weighted by Gasteiger charge is 2.13. The molecule has 112 valence electrons. The maximum absolute atomic E-state index is 11.9. The summed E-state index contributed by atoms with van der Waals surface area (Å²) in [5, 5.41) is 0. The SMILES string of the molecule is CCOC(=O)c1cc(N(C)Cc2ccc(Cl)s2)ccc1N. The molecule has 0 unspecified atom stereocenters. The van der Waals surface area contributed by atoms with Gasteiger partial charge in [-0.3, -0.25) is 0 Å². The molecule has 0 aliphatic carbocycles. The van der Waals surface area contributed by atoms with Crippen LogP contribution in [0.25, 0.3) is 0 Å².